The molecule has 27 heavy (non-hydrogen) atoms. The molecule has 144 valence electrons. The van der Waals surface area contributed by atoms with E-state index in [0.717, 1.165) is 45.0 Å². The number of carbonyl (C=O) groups is 1. The number of ether oxygens (including phenoxy) is 1. The molecule has 1 atom stereocenters. The highest BCUT2D eigenvalue weighted by molar-refractivity contribution is 5.76. The van der Waals surface area contributed by atoms with E-state index in [2.05, 4.69) is 48.8 Å². The SMILES string of the molecule is C[NH+](CC(=O)NCc1ccc(C[NH+]2CCOCC2)cc1)Cc1ccccc1. The fourth-order valence-corrected chi connectivity index (χ4v) is 3.44. The summed E-state index contributed by atoms with van der Waals surface area (Å²) in [5, 5.41) is 3.03. The Bertz CT molecular complexity index is 697. The minimum atomic E-state index is 0.0882. The van der Waals surface area contributed by atoms with E-state index in [4.69, 9.17) is 4.74 Å². The van der Waals surface area contributed by atoms with E-state index in [1.807, 2.05) is 18.2 Å². The van der Waals surface area contributed by atoms with Gasteiger partial charge in [-0.3, -0.25) is 4.79 Å². The fourth-order valence-electron chi connectivity index (χ4n) is 3.44. The minimum absolute atomic E-state index is 0.0882. The molecule has 1 aliphatic rings. The van der Waals surface area contributed by atoms with Crippen molar-refractivity contribution in [1.29, 1.82) is 0 Å². The summed E-state index contributed by atoms with van der Waals surface area (Å²) < 4.78 is 5.41. The summed E-state index contributed by atoms with van der Waals surface area (Å²) in [6, 6.07) is 18.9. The number of rotatable bonds is 8. The van der Waals surface area contributed by atoms with Gasteiger partial charge >= 0.3 is 0 Å². The number of morpholine rings is 1. The lowest BCUT2D eigenvalue weighted by molar-refractivity contribution is -0.921. The summed E-state index contributed by atoms with van der Waals surface area (Å²) in [7, 11) is 2.05. The molecule has 1 fully saturated rings. The van der Waals surface area contributed by atoms with E-state index in [0.29, 0.717) is 13.1 Å². The number of benzene rings is 2. The van der Waals surface area contributed by atoms with Crippen LogP contribution < -0.4 is 15.1 Å². The van der Waals surface area contributed by atoms with Gasteiger partial charge in [0.05, 0.1) is 20.3 Å². The van der Waals surface area contributed by atoms with E-state index < -0.39 is 0 Å². The lowest BCUT2D eigenvalue weighted by Gasteiger charge is -2.23. The van der Waals surface area contributed by atoms with E-state index in [1.54, 1.807) is 4.90 Å². The molecule has 1 amide bonds. The smallest absolute Gasteiger partial charge is 0.275 e. The molecular formula is C22H31N3O2+2. The first-order valence-corrected chi connectivity index (χ1v) is 9.80. The number of hydrogen-bond acceptors (Lipinski definition) is 2. The molecule has 3 rings (SSSR count). The molecule has 0 bridgehead atoms. The molecule has 1 saturated heterocycles. The average Bonchev–Trinajstić information content (AvgIpc) is 2.69. The Balaban J connectivity index is 1.39. The van der Waals surface area contributed by atoms with Crippen LogP contribution in [-0.4, -0.2) is 45.8 Å². The molecule has 0 aromatic heterocycles. The van der Waals surface area contributed by atoms with Crippen molar-refractivity contribution in [1.82, 2.24) is 5.32 Å². The molecule has 5 heteroatoms. The van der Waals surface area contributed by atoms with Crippen molar-refractivity contribution in [3.8, 4) is 0 Å². The lowest BCUT2D eigenvalue weighted by Crippen LogP contribution is -3.12. The second-order valence-corrected chi connectivity index (χ2v) is 7.43. The second kappa shape index (κ2) is 10.2. The predicted molar refractivity (Wildman–Crippen MR) is 105 cm³/mol. The molecule has 0 radical (unpaired) electrons. The molecule has 2 aromatic rings. The van der Waals surface area contributed by atoms with Crippen molar-refractivity contribution in [3.05, 3.63) is 71.3 Å². The van der Waals surface area contributed by atoms with Crippen LogP contribution in [0.25, 0.3) is 0 Å². The van der Waals surface area contributed by atoms with Crippen LogP contribution in [0.3, 0.4) is 0 Å². The predicted octanol–water partition coefficient (Wildman–Crippen LogP) is -0.567. The summed E-state index contributed by atoms with van der Waals surface area (Å²) in [6.07, 6.45) is 0. The molecule has 1 heterocycles. The van der Waals surface area contributed by atoms with Gasteiger partial charge in [0.15, 0.2) is 6.54 Å². The highest BCUT2D eigenvalue weighted by Crippen LogP contribution is 2.03. The zero-order valence-corrected chi connectivity index (χ0v) is 16.2. The van der Waals surface area contributed by atoms with Gasteiger partial charge < -0.3 is 19.9 Å². The van der Waals surface area contributed by atoms with Crippen LogP contribution in [0.15, 0.2) is 54.6 Å². The minimum Gasteiger partial charge on any atom is -0.370 e. The third-order valence-corrected chi connectivity index (χ3v) is 4.98. The summed E-state index contributed by atoms with van der Waals surface area (Å²) in [5.74, 6) is 0.0882. The molecule has 1 unspecified atom stereocenters. The monoisotopic (exact) mass is 369 g/mol. The van der Waals surface area contributed by atoms with Crippen LogP contribution in [0.1, 0.15) is 16.7 Å². The molecule has 0 spiro atoms. The molecule has 0 aliphatic carbocycles. The summed E-state index contributed by atoms with van der Waals surface area (Å²) in [4.78, 5) is 15.0. The number of quaternary nitrogens is 2. The lowest BCUT2D eigenvalue weighted by atomic mass is 10.1. The number of amides is 1. The summed E-state index contributed by atoms with van der Waals surface area (Å²) in [6.45, 7) is 6.85. The van der Waals surface area contributed by atoms with Crippen molar-refractivity contribution in [2.45, 2.75) is 19.6 Å². The van der Waals surface area contributed by atoms with E-state index in [9.17, 15) is 4.79 Å². The quantitative estimate of drug-likeness (QED) is 0.584. The van der Waals surface area contributed by atoms with Crippen molar-refractivity contribution in [2.24, 2.45) is 0 Å². The standard InChI is InChI=1S/C22H29N3O2/c1-24(16-20-5-3-2-4-6-20)18-22(26)23-15-19-7-9-21(10-8-19)17-25-11-13-27-14-12-25/h2-10H,11-18H2,1H3,(H,23,26)/p+2. The Morgan fingerprint density at radius 3 is 2.37 bits per heavy atom. The maximum Gasteiger partial charge on any atom is 0.275 e. The van der Waals surface area contributed by atoms with Crippen LogP contribution in [0.2, 0.25) is 0 Å². The van der Waals surface area contributed by atoms with Crippen LogP contribution in [0.4, 0.5) is 0 Å². The normalized spacial score (nSPS) is 16.0. The number of nitrogens with one attached hydrogen (secondary N) is 3. The van der Waals surface area contributed by atoms with E-state index in [-0.39, 0.29) is 5.91 Å². The first-order valence-electron chi connectivity index (χ1n) is 9.80. The van der Waals surface area contributed by atoms with Crippen molar-refractivity contribution >= 4 is 5.91 Å². The molecule has 2 aromatic carbocycles. The Morgan fingerprint density at radius 1 is 1.00 bits per heavy atom. The third kappa shape index (κ3) is 6.79. The topological polar surface area (TPSA) is 47.2 Å². The second-order valence-electron chi connectivity index (χ2n) is 7.43. The van der Waals surface area contributed by atoms with Gasteiger partial charge in [0.25, 0.3) is 5.91 Å². The largest absolute Gasteiger partial charge is 0.370 e. The summed E-state index contributed by atoms with van der Waals surface area (Å²) in [5.41, 5.74) is 3.74. The van der Waals surface area contributed by atoms with Crippen LogP contribution in [0, 0.1) is 0 Å². The van der Waals surface area contributed by atoms with Crippen molar-refractivity contribution in [3.63, 3.8) is 0 Å². The summed E-state index contributed by atoms with van der Waals surface area (Å²) >= 11 is 0. The van der Waals surface area contributed by atoms with Gasteiger partial charge in [0.1, 0.15) is 26.2 Å². The average molecular weight is 370 g/mol. The zero-order chi connectivity index (χ0) is 18.9. The molecule has 5 nitrogen and oxygen atoms in total. The van der Waals surface area contributed by atoms with E-state index >= 15 is 0 Å². The third-order valence-electron chi connectivity index (χ3n) is 4.98. The Hall–Kier alpha value is -2.21. The first-order chi connectivity index (χ1) is 13.2. The molecular weight excluding hydrogens is 338 g/mol. The maximum absolute atomic E-state index is 12.2. The van der Waals surface area contributed by atoms with Gasteiger partial charge in [-0.05, 0) is 5.56 Å². The number of hydrogen-bond donors (Lipinski definition) is 3. The van der Waals surface area contributed by atoms with Gasteiger partial charge in [-0.15, -0.1) is 0 Å². The van der Waals surface area contributed by atoms with Gasteiger partial charge in [-0.1, -0.05) is 54.6 Å². The van der Waals surface area contributed by atoms with Gasteiger partial charge in [-0.25, -0.2) is 0 Å². The van der Waals surface area contributed by atoms with Gasteiger partial charge in [0, 0.05) is 17.7 Å². The number of carbonyl (C=O) groups excluding carboxylic acids is 1. The molecule has 1 aliphatic heterocycles. The van der Waals surface area contributed by atoms with Gasteiger partial charge in [-0.2, -0.15) is 0 Å². The van der Waals surface area contributed by atoms with E-state index in [1.165, 1.54) is 16.0 Å². The highest BCUT2D eigenvalue weighted by atomic mass is 16.5. The highest BCUT2D eigenvalue weighted by Gasteiger charge is 2.14. The van der Waals surface area contributed by atoms with Crippen LogP contribution in [0.5, 0.6) is 0 Å². The fraction of sp³-hybridized carbons (Fsp3) is 0.409. The van der Waals surface area contributed by atoms with Crippen molar-refractivity contribution in [2.75, 3.05) is 39.9 Å². The first kappa shape index (κ1) is 19.5. The zero-order valence-electron chi connectivity index (χ0n) is 16.2. The Kier molecular flexibility index (Phi) is 7.39. The molecule has 0 saturated carbocycles. The van der Waals surface area contributed by atoms with Crippen LogP contribution in [-0.2, 0) is 29.2 Å². The Labute approximate surface area is 161 Å². The molecule has 3 N–H and O–H groups in total. The number of likely N-dealkylation sites (N-methyl/N-ethyl adjacent to an activating group) is 1. The van der Waals surface area contributed by atoms with Crippen molar-refractivity contribution < 1.29 is 19.3 Å². The Morgan fingerprint density at radius 2 is 1.67 bits per heavy atom. The maximum atomic E-state index is 12.2. The van der Waals surface area contributed by atoms with Gasteiger partial charge in [0.2, 0.25) is 0 Å². The van der Waals surface area contributed by atoms with Crippen LogP contribution >= 0.6 is 0 Å².